The Morgan fingerprint density at radius 3 is 2.00 bits per heavy atom. The SMILES string of the molecule is COc1cc(C)c(C(Cl)c2ccc(C)c(C)c2)cc1OC. The molecule has 0 spiro atoms. The van der Waals surface area contributed by atoms with Crippen LogP contribution in [-0.2, 0) is 0 Å². The van der Waals surface area contributed by atoms with Crippen molar-refractivity contribution < 1.29 is 9.47 Å². The fraction of sp³-hybridized carbons (Fsp3) is 0.333. The quantitative estimate of drug-likeness (QED) is 0.743. The average Bonchev–Trinajstić information content (AvgIpc) is 2.49. The number of hydrogen-bond acceptors (Lipinski definition) is 2. The highest BCUT2D eigenvalue weighted by Gasteiger charge is 2.17. The number of rotatable bonds is 4. The summed E-state index contributed by atoms with van der Waals surface area (Å²) in [6, 6.07) is 10.3. The molecule has 2 rings (SSSR count). The van der Waals surface area contributed by atoms with E-state index in [2.05, 4.69) is 32.0 Å². The summed E-state index contributed by atoms with van der Waals surface area (Å²) in [5.74, 6) is 1.43. The summed E-state index contributed by atoms with van der Waals surface area (Å²) in [5, 5.41) is -0.205. The Labute approximate surface area is 131 Å². The van der Waals surface area contributed by atoms with E-state index >= 15 is 0 Å². The molecule has 0 amide bonds. The smallest absolute Gasteiger partial charge is 0.161 e. The number of hydrogen-bond donors (Lipinski definition) is 0. The van der Waals surface area contributed by atoms with Gasteiger partial charge in [0, 0.05) is 0 Å². The van der Waals surface area contributed by atoms with E-state index in [0.29, 0.717) is 5.75 Å². The third-order valence-corrected chi connectivity index (χ3v) is 4.36. The molecule has 0 aliphatic carbocycles. The predicted molar refractivity (Wildman–Crippen MR) is 87.9 cm³/mol. The van der Waals surface area contributed by atoms with Gasteiger partial charge in [0.15, 0.2) is 11.5 Å². The number of methoxy groups -OCH3 is 2. The topological polar surface area (TPSA) is 18.5 Å². The molecule has 3 heteroatoms. The second kappa shape index (κ2) is 6.40. The Morgan fingerprint density at radius 2 is 1.43 bits per heavy atom. The van der Waals surface area contributed by atoms with Crippen molar-refractivity contribution in [2.75, 3.05) is 14.2 Å². The van der Waals surface area contributed by atoms with E-state index in [4.69, 9.17) is 21.1 Å². The normalized spacial score (nSPS) is 12.1. The number of aryl methyl sites for hydroxylation is 3. The molecule has 2 nitrogen and oxygen atoms in total. The van der Waals surface area contributed by atoms with Gasteiger partial charge in [-0.05, 0) is 60.7 Å². The summed E-state index contributed by atoms with van der Waals surface area (Å²) < 4.78 is 10.7. The van der Waals surface area contributed by atoms with Crippen LogP contribution >= 0.6 is 11.6 Å². The first-order valence-corrected chi connectivity index (χ1v) is 7.35. The van der Waals surface area contributed by atoms with Crippen molar-refractivity contribution in [3.63, 3.8) is 0 Å². The Balaban J connectivity index is 2.47. The molecule has 21 heavy (non-hydrogen) atoms. The van der Waals surface area contributed by atoms with E-state index in [0.717, 1.165) is 22.4 Å². The first kappa shape index (κ1) is 15.7. The Bertz CT molecular complexity index is 650. The fourth-order valence-electron chi connectivity index (χ4n) is 2.37. The lowest BCUT2D eigenvalue weighted by Crippen LogP contribution is -2.00. The van der Waals surface area contributed by atoms with E-state index in [1.165, 1.54) is 11.1 Å². The zero-order valence-corrected chi connectivity index (χ0v) is 13.9. The summed E-state index contributed by atoms with van der Waals surface area (Å²) in [4.78, 5) is 0. The Kier molecular flexibility index (Phi) is 4.79. The van der Waals surface area contributed by atoms with Gasteiger partial charge in [0.1, 0.15) is 0 Å². The molecule has 0 aliphatic heterocycles. The highest BCUT2D eigenvalue weighted by Crippen LogP contribution is 2.38. The van der Waals surface area contributed by atoms with E-state index in [1.807, 2.05) is 19.1 Å². The molecular formula is C18H21ClO2. The summed E-state index contributed by atoms with van der Waals surface area (Å²) >= 11 is 6.69. The Hall–Kier alpha value is -1.67. The van der Waals surface area contributed by atoms with Gasteiger partial charge in [0.2, 0.25) is 0 Å². The van der Waals surface area contributed by atoms with Crippen LogP contribution in [0.3, 0.4) is 0 Å². The molecule has 0 saturated carbocycles. The monoisotopic (exact) mass is 304 g/mol. The van der Waals surface area contributed by atoms with Gasteiger partial charge in [0.25, 0.3) is 0 Å². The minimum Gasteiger partial charge on any atom is -0.493 e. The maximum atomic E-state index is 6.69. The largest absolute Gasteiger partial charge is 0.493 e. The van der Waals surface area contributed by atoms with Gasteiger partial charge in [0.05, 0.1) is 19.6 Å². The molecule has 0 aliphatic rings. The molecule has 1 atom stereocenters. The molecule has 1 unspecified atom stereocenters. The molecule has 0 aromatic heterocycles. The van der Waals surface area contributed by atoms with Crippen molar-refractivity contribution in [2.45, 2.75) is 26.1 Å². The maximum Gasteiger partial charge on any atom is 0.161 e. The van der Waals surface area contributed by atoms with Crippen molar-refractivity contribution in [3.8, 4) is 11.5 Å². The van der Waals surface area contributed by atoms with Gasteiger partial charge >= 0.3 is 0 Å². The van der Waals surface area contributed by atoms with Crippen molar-refractivity contribution >= 4 is 11.6 Å². The van der Waals surface area contributed by atoms with Gasteiger partial charge in [-0.15, -0.1) is 11.6 Å². The number of alkyl halides is 1. The first-order valence-electron chi connectivity index (χ1n) is 6.91. The highest BCUT2D eigenvalue weighted by atomic mass is 35.5. The lowest BCUT2D eigenvalue weighted by Gasteiger charge is -2.17. The third-order valence-electron chi connectivity index (χ3n) is 3.87. The number of halogens is 1. The van der Waals surface area contributed by atoms with Crippen molar-refractivity contribution in [1.29, 1.82) is 0 Å². The van der Waals surface area contributed by atoms with Crippen molar-refractivity contribution in [2.24, 2.45) is 0 Å². The van der Waals surface area contributed by atoms with Crippen molar-refractivity contribution in [1.82, 2.24) is 0 Å². The van der Waals surface area contributed by atoms with Crippen LogP contribution in [0.2, 0.25) is 0 Å². The molecule has 0 saturated heterocycles. The van der Waals surface area contributed by atoms with Crippen LogP contribution in [0.25, 0.3) is 0 Å². The van der Waals surface area contributed by atoms with Crippen LogP contribution in [-0.4, -0.2) is 14.2 Å². The van der Waals surface area contributed by atoms with Gasteiger partial charge in [-0.25, -0.2) is 0 Å². The molecule has 0 N–H and O–H groups in total. The molecular weight excluding hydrogens is 284 g/mol. The van der Waals surface area contributed by atoms with Crippen LogP contribution in [0.15, 0.2) is 30.3 Å². The van der Waals surface area contributed by atoms with Gasteiger partial charge in [-0.1, -0.05) is 18.2 Å². The second-order valence-electron chi connectivity index (χ2n) is 5.27. The van der Waals surface area contributed by atoms with Gasteiger partial charge in [-0.2, -0.15) is 0 Å². The van der Waals surface area contributed by atoms with Crippen LogP contribution < -0.4 is 9.47 Å². The van der Waals surface area contributed by atoms with E-state index in [9.17, 15) is 0 Å². The predicted octanol–water partition coefficient (Wildman–Crippen LogP) is 4.96. The van der Waals surface area contributed by atoms with Crippen LogP contribution in [0, 0.1) is 20.8 Å². The van der Waals surface area contributed by atoms with Crippen LogP contribution in [0.5, 0.6) is 11.5 Å². The van der Waals surface area contributed by atoms with E-state index in [-0.39, 0.29) is 5.38 Å². The van der Waals surface area contributed by atoms with E-state index in [1.54, 1.807) is 14.2 Å². The number of ether oxygens (including phenoxy) is 2. The summed E-state index contributed by atoms with van der Waals surface area (Å²) in [6.45, 7) is 6.24. The molecule has 2 aromatic rings. The average molecular weight is 305 g/mol. The Morgan fingerprint density at radius 1 is 0.810 bits per heavy atom. The first-order chi connectivity index (χ1) is 9.97. The molecule has 0 heterocycles. The summed E-state index contributed by atoms with van der Waals surface area (Å²) in [7, 11) is 3.27. The van der Waals surface area contributed by atoms with E-state index < -0.39 is 0 Å². The van der Waals surface area contributed by atoms with Crippen molar-refractivity contribution in [3.05, 3.63) is 58.1 Å². The molecule has 0 radical (unpaired) electrons. The zero-order valence-electron chi connectivity index (χ0n) is 13.2. The highest BCUT2D eigenvalue weighted by molar-refractivity contribution is 6.22. The van der Waals surface area contributed by atoms with Crippen LogP contribution in [0.4, 0.5) is 0 Å². The van der Waals surface area contributed by atoms with Gasteiger partial charge < -0.3 is 9.47 Å². The standard InChI is InChI=1S/C18H21ClO2/c1-11-6-7-14(8-12(11)2)18(19)15-10-17(21-5)16(20-4)9-13(15)3/h6-10,18H,1-5H3. The van der Waals surface area contributed by atoms with Crippen LogP contribution in [0.1, 0.15) is 33.2 Å². The molecule has 2 aromatic carbocycles. The third kappa shape index (κ3) is 3.16. The van der Waals surface area contributed by atoms with Gasteiger partial charge in [-0.3, -0.25) is 0 Å². The minimum absolute atomic E-state index is 0.205. The maximum absolute atomic E-state index is 6.69. The molecule has 112 valence electrons. The fourth-order valence-corrected chi connectivity index (χ4v) is 2.74. The minimum atomic E-state index is -0.205. The number of benzene rings is 2. The summed E-state index contributed by atoms with van der Waals surface area (Å²) in [6.07, 6.45) is 0. The zero-order chi connectivity index (χ0) is 15.6. The molecule has 0 fully saturated rings. The molecule has 0 bridgehead atoms. The lowest BCUT2D eigenvalue weighted by atomic mass is 9.97. The summed E-state index contributed by atoms with van der Waals surface area (Å²) in [5.41, 5.74) is 5.74. The second-order valence-corrected chi connectivity index (χ2v) is 5.71. The lowest BCUT2D eigenvalue weighted by molar-refractivity contribution is 0.354.